The van der Waals surface area contributed by atoms with Crippen molar-refractivity contribution < 1.29 is 14.3 Å². The fourth-order valence-corrected chi connectivity index (χ4v) is 1.78. The molecule has 0 aliphatic carbocycles. The van der Waals surface area contributed by atoms with E-state index in [9.17, 15) is 4.79 Å². The summed E-state index contributed by atoms with van der Waals surface area (Å²) in [5, 5.41) is 3.24. The van der Waals surface area contributed by atoms with Gasteiger partial charge in [-0.2, -0.15) is 0 Å². The molecule has 0 bridgehead atoms. The number of carbonyl (C=O) groups excluding carboxylic acids is 1. The summed E-state index contributed by atoms with van der Waals surface area (Å²) < 4.78 is 10.2. The van der Waals surface area contributed by atoms with Crippen LogP contribution >= 0.6 is 0 Å². The Hall–Kier alpha value is -0.610. The molecule has 1 atom stereocenters. The highest BCUT2D eigenvalue weighted by molar-refractivity contribution is 5.81. The Bertz CT molecular complexity index is 210. The lowest BCUT2D eigenvalue weighted by molar-refractivity contribution is -0.154. The molecule has 0 radical (unpaired) electrons. The third kappa shape index (κ3) is 3.18. The van der Waals surface area contributed by atoms with E-state index in [4.69, 9.17) is 9.47 Å². The van der Waals surface area contributed by atoms with Gasteiger partial charge in [0.05, 0.1) is 20.3 Å². The van der Waals surface area contributed by atoms with Crippen LogP contribution in [0.25, 0.3) is 0 Å². The maximum atomic E-state index is 11.7. The fraction of sp³-hybridized carbons (Fsp3) is 0.909. The average Bonchev–Trinajstić information content (AvgIpc) is 2.26. The van der Waals surface area contributed by atoms with Crippen molar-refractivity contribution in [1.82, 2.24) is 5.32 Å². The second-order valence-electron chi connectivity index (χ2n) is 4.49. The van der Waals surface area contributed by atoms with Gasteiger partial charge < -0.3 is 9.47 Å². The lowest BCUT2D eigenvalue weighted by Gasteiger charge is -2.35. The van der Waals surface area contributed by atoms with E-state index < -0.39 is 5.54 Å². The minimum atomic E-state index is -0.614. The smallest absolute Gasteiger partial charge is 0.328 e. The molecule has 0 amide bonds. The molecule has 1 N–H and O–H groups in total. The number of ether oxygens (including phenoxy) is 2. The predicted octanol–water partition coefficient (Wildman–Crippen LogP) is 0.954. The molecule has 1 heterocycles. The van der Waals surface area contributed by atoms with Gasteiger partial charge in [0.1, 0.15) is 5.54 Å². The summed E-state index contributed by atoms with van der Waals surface area (Å²) in [7, 11) is 1.43. The summed E-state index contributed by atoms with van der Waals surface area (Å²) in [5.41, 5.74) is -0.614. The molecule has 1 aliphatic heterocycles. The van der Waals surface area contributed by atoms with E-state index in [-0.39, 0.29) is 5.97 Å². The van der Waals surface area contributed by atoms with Crippen molar-refractivity contribution in [3.8, 4) is 0 Å². The molecule has 0 aromatic heterocycles. The maximum absolute atomic E-state index is 11.7. The summed E-state index contributed by atoms with van der Waals surface area (Å²) in [4.78, 5) is 11.7. The van der Waals surface area contributed by atoms with E-state index >= 15 is 0 Å². The van der Waals surface area contributed by atoms with Crippen molar-refractivity contribution in [2.24, 2.45) is 5.92 Å². The Morgan fingerprint density at radius 2 is 2.33 bits per heavy atom. The van der Waals surface area contributed by atoms with Crippen molar-refractivity contribution in [3.63, 3.8) is 0 Å². The molecule has 4 nitrogen and oxygen atoms in total. The van der Waals surface area contributed by atoms with Gasteiger partial charge in [-0.25, -0.2) is 4.79 Å². The van der Waals surface area contributed by atoms with Crippen molar-refractivity contribution in [2.45, 2.75) is 32.2 Å². The second kappa shape index (κ2) is 5.47. The van der Waals surface area contributed by atoms with Crippen LogP contribution in [-0.4, -0.2) is 38.4 Å². The number of rotatable bonds is 4. The molecule has 88 valence electrons. The van der Waals surface area contributed by atoms with Gasteiger partial charge in [-0.1, -0.05) is 13.8 Å². The lowest BCUT2D eigenvalue weighted by Crippen LogP contribution is -2.60. The summed E-state index contributed by atoms with van der Waals surface area (Å²) in [6, 6.07) is 0. The SMILES string of the molecule is COC(=O)C1(CCC(C)C)COCCN1. The Kier molecular flexibility index (Phi) is 4.54. The van der Waals surface area contributed by atoms with Crippen LogP contribution in [0.15, 0.2) is 0 Å². The zero-order valence-electron chi connectivity index (χ0n) is 9.84. The zero-order chi connectivity index (χ0) is 11.3. The maximum Gasteiger partial charge on any atom is 0.328 e. The lowest BCUT2D eigenvalue weighted by atomic mass is 9.90. The Morgan fingerprint density at radius 1 is 1.60 bits per heavy atom. The first kappa shape index (κ1) is 12.5. The summed E-state index contributed by atoms with van der Waals surface area (Å²) >= 11 is 0. The van der Waals surface area contributed by atoms with Gasteiger partial charge in [0.2, 0.25) is 0 Å². The third-order valence-electron chi connectivity index (χ3n) is 2.78. The van der Waals surface area contributed by atoms with E-state index in [1.54, 1.807) is 0 Å². The zero-order valence-corrected chi connectivity index (χ0v) is 9.84. The van der Waals surface area contributed by atoms with Crippen LogP contribution in [0.3, 0.4) is 0 Å². The first-order valence-corrected chi connectivity index (χ1v) is 5.52. The van der Waals surface area contributed by atoms with Gasteiger partial charge in [-0.05, 0) is 18.8 Å². The van der Waals surface area contributed by atoms with E-state index in [2.05, 4.69) is 19.2 Å². The summed E-state index contributed by atoms with van der Waals surface area (Å²) in [6.45, 7) is 6.10. The van der Waals surface area contributed by atoms with Crippen LogP contribution in [0.4, 0.5) is 0 Å². The van der Waals surface area contributed by atoms with Crippen LogP contribution < -0.4 is 5.32 Å². The Morgan fingerprint density at radius 3 is 2.80 bits per heavy atom. The topological polar surface area (TPSA) is 47.6 Å². The van der Waals surface area contributed by atoms with Gasteiger partial charge >= 0.3 is 5.97 Å². The first-order chi connectivity index (χ1) is 7.10. The summed E-state index contributed by atoms with van der Waals surface area (Å²) in [6.07, 6.45) is 1.77. The highest BCUT2D eigenvalue weighted by Crippen LogP contribution is 2.21. The third-order valence-corrected chi connectivity index (χ3v) is 2.78. The molecule has 4 heteroatoms. The van der Waals surface area contributed by atoms with Gasteiger partial charge in [-0.15, -0.1) is 0 Å². The van der Waals surface area contributed by atoms with E-state index in [0.29, 0.717) is 25.7 Å². The van der Waals surface area contributed by atoms with E-state index in [0.717, 1.165) is 12.8 Å². The molecule has 0 saturated carbocycles. The number of hydrogen-bond acceptors (Lipinski definition) is 4. The molecule has 15 heavy (non-hydrogen) atoms. The molecule has 0 aromatic rings. The number of morpholine rings is 1. The van der Waals surface area contributed by atoms with Crippen LogP contribution in [0.1, 0.15) is 26.7 Å². The molecular formula is C11H21NO3. The highest BCUT2D eigenvalue weighted by Gasteiger charge is 2.41. The molecule has 1 rings (SSSR count). The largest absolute Gasteiger partial charge is 0.468 e. The first-order valence-electron chi connectivity index (χ1n) is 5.52. The molecule has 1 unspecified atom stereocenters. The molecule has 1 aliphatic rings. The van der Waals surface area contributed by atoms with E-state index in [1.165, 1.54) is 7.11 Å². The van der Waals surface area contributed by atoms with Crippen molar-refractivity contribution in [2.75, 3.05) is 26.9 Å². The molecule has 1 fully saturated rings. The number of nitrogens with one attached hydrogen (secondary N) is 1. The molecule has 0 spiro atoms. The van der Waals surface area contributed by atoms with Crippen LogP contribution in [0.2, 0.25) is 0 Å². The number of esters is 1. The van der Waals surface area contributed by atoms with Crippen molar-refractivity contribution >= 4 is 5.97 Å². The van der Waals surface area contributed by atoms with Crippen molar-refractivity contribution in [1.29, 1.82) is 0 Å². The van der Waals surface area contributed by atoms with Crippen molar-refractivity contribution in [3.05, 3.63) is 0 Å². The highest BCUT2D eigenvalue weighted by atomic mass is 16.5. The monoisotopic (exact) mass is 215 g/mol. The van der Waals surface area contributed by atoms with Gasteiger partial charge in [0, 0.05) is 6.54 Å². The van der Waals surface area contributed by atoms with Crippen LogP contribution in [0.5, 0.6) is 0 Å². The molecule has 1 saturated heterocycles. The summed E-state index contributed by atoms with van der Waals surface area (Å²) in [5.74, 6) is 0.373. The minimum Gasteiger partial charge on any atom is -0.468 e. The number of methoxy groups -OCH3 is 1. The standard InChI is InChI=1S/C11H21NO3/c1-9(2)4-5-11(10(13)14-3)8-15-7-6-12-11/h9,12H,4-8H2,1-3H3. The Labute approximate surface area is 91.3 Å². The average molecular weight is 215 g/mol. The van der Waals surface area contributed by atoms with Gasteiger partial charge in [0.15, 0.2) is 0 Å². The fourth-order valence-electron chi connectivity index (χ4n) is 1.78. The van der Waals surface area contributed by atoms with Crippen LogP contribution in [0, 0.1) is 5.92 Å². The second-order valence-corrected chi connectivity index (χ2v) is 4.49. The number of carbonyl (C=O) groups is 1. The van der Waals surface area contributed by atoms with Crippen LogP contribution in [-0.2, 0) is 14.3 Å². The Balaban J connectivity index is 2.62. The normalized spacial score (nSPS) is 26.7. The minimum absolute atomic E-state index is 0.206. The van der Waals surface area contributed by atoms with E-state index in [1.807, 2.05) is 0 Å². The van der Waals surface area contributed by atoms with Gasteiger partial charge in [-0.3, -0.25) is 5.32 Å². The number of hydrogen-bond donors (Lipinski definition) is 1. The molecular weight excluding hydrogens is 194 g/mol. The predicted molar refractivity (Wildman–Crippen MR) is 57.6 cm³/mol. The molecule has 0 aromatic carbocycles. The quantitative estimate of drug-likeness (QED) is 0.709. The van der Waals surface area contributed by atoms with Gasteiger partial charge in [0.25, 0.3) is 0 Å².